The van der Waals surface area contributed by atoms with Gasteiger partial charge in [-0.3, -0.25) is 4.98 Å². The molecule has 0 radical (unpaired) electrons. The topological polar surface area (TPSA) is 116 Å². The minimum Gasteiger partial charge on any atom is -0.492 e. The molecule has 0 aliphatic rings. The number of aromatic nitrogens is 1. The SMILES string of the molecule is CC(C)(C)CCCCCOc1ccc(C(C)(C)C)nc1.CC(C)(C)COCC#CC#CCNC(C)(C)C.CC(C)(C)NCC#CC#CCOC(C)(C)C.CC(NC(C)(C)C)c1ccc(C#CC#CCOCC(C)(C)C)cc1.CC(NC(C)(C)C)c1ccc(C#CCOCCCOCC(C)(C)C)cc1. The summed E-state index contributed by atoms with van der Waals surface area (Å²) in [7, 11) is 0. The standard InChI is InChI=1S/C23H37NO2.C22H31NO.C18H31NO.C15H25NO.C14H23NO/c1-19(24-23(5,6)7)21-13-11-20(12-14-21)10-8-15-25-16-9-17-26-18-22(2,3)4;1-18(23-22(5,6)7)20-14-12-19(13-15-20)11-9-8-10-16-24-17-21(2,3)4;1-17(2,3)12-8-7-9-13-20-15-10-11-16(19-14-15)18(4,5)6;1-14(2,3)13-17-12-10-8-7-9-11-16-15(4,5)6;1-13(2,3)15-11-9-7-8-10-12-16-14(4,5)6/h11-14,19,24H,9,15-18H2,1-7H3;12-15,18,23H,16-17H2,1-7H3;10-11,14H,7-9,12-13H2,1-6H3;16H,11-13H2,1-6H3;15H,11-12H2,1-6H3. The second kappa shape index (κ2) is 50.4. The minimum absolute atomic E-state index is 0.0997. The van der Waals surface area contributed by atoms with Crippen molar-refractivity contribution >= 4 is 0 Å². The summed E-state index contributed by atoms with van der Waals surface area (Å²) in [6.07, 6.45) is 7.69. The summed E-state index contributed by atoms with van der Waals surface area (Å²) >= 11 is 0. The van der Waals surface area contributed by atoms with Gasteiger partial charge in [-0.05, 0) is 242 Å². The van der Waals surface area contributed by atoms with Gasteiger partial charge in [-0.2, -0.15) is 0 Å². The molecule has 11 heteroatoms. The molecule has 576 valence electrons. The van der Waals surface area contributed by atoms with E-state index in [0.717, 1.165) is 61.8 Å². The van der Waals surface area contributed by atoms with E-state index in [1.54, 1.807) is 0 Å². The zero-order valence-corrected chi connectivity index (χ0v) is 71.4. The molecule has 2 aromatic carbocycles. The fourth-order valence-electron chi connectivity index (χ4n) is 8.32. The van der Waals surface area contributed by atoms with Crippen LogP contribution < -0.4 is 26.0 Å². The van der Waals surface area contributed by atoms with E-state index in [4.69, 9.17) is 28.4 Å². The van der Waals surface area contributed by atoms with Crippen LogP contribution in [0.25, 0.3) is 0 Å². The lowest BCUT2D eigenvalue weighted by Gasteiger charge is -2.26. The highest BCUT2D eigenvalue weighted by molar-refractivity contribution is 5.42. The van der Waals surface area contributed by atoms with Crippen LogP contribution in [0.1, 0.15) is 294 Å². The first-order valence-corrected chi connectivity index (χ1v) is 37.4. The molecule has 0 amide bonds. The van der Waals surface area contributed by atoms with Crippen molar-refractivity contribution in [3.8, 4) is 88.6 Å². The molecule has 1 heterocycles. The maximum Gasteiger partial charge on any atom is 0.137 e. The third kappa shape index (κ3) is 71.3. The van der Waals surface area contributed by atoms with Crippen molar-refractivity contribution in [2.75, 3.05) is 79.2 Å². The Kier molecular flexibility index (Phi) is 48.5. The van der Waals surface area contributed by atoms with Gasteiger partial charge in [0.25, 0.3) is 0 Å². The molecule has 103 heavy (non-hydrogen) atoms. The molecule has 0 saturated carbocycles. The maximum atomic E-state index is 5.74. The maximum absolute atomic E-state index is 5.74. The van der Waals surface area contributed by atoms with Gasteiger partial charge in [-0.1, -0.05) is 188 Å². The number of ether oxygens (including phenoxy) is 6. The molecule has 0 aliphatic carbocycles. The van der Waals surface area contributed by atoms with E-state index in [9.17, 15) is 0 Å². The Morgan fingerprint density at radius 2 is 0.777 bits per heavy atom. The van der Waals surface area contributed by atoms with Gasteiger partial charge in [0.15, 0.2) is 0 Å². The first-order valence-electron chi connectivity index (χ1n) is 37.4. The molecule has 11 nitrogen and oxygen atoms in total. The number of hydrogen-bond acceptors (Lipinski definition) is 11. The van der Waals surface area contributed by atoms with Gasteiger partial charge in [0.1, 0.15) is 32.2 Å². The van der Waals surface area contributed by atoms with Crippen molar-refractivity contribution in [1.29, 1.82) is 0 Å². The highest BCUT2D eigenvalue weighted by Crippen LogP contribution is 2.25. The van der Waals surface area contributed by atoms with Gasteiger partial charge in [-0.15, -0.1) is 0 Å². The van der Waals surface area contributed by atoms with E-state index >= 15 is 0 Å². The molecule has 3 aromatic rings. The monoisotopic (exact) mass is 1420 g/mol. The molecule has 4 N–H and O–H groups in total. The number of benzene rings is 2. The molecule has 2 atom stereocenters. The Balaban J connectivity index is 0. The summed E-state index contributed by atoms with van der Waals surface area (Å²) in [6.45, 7) is 76.4. The molecule has 2 unspecified atom stereocenters. The van der Waals surface area contributed by atoms with E-state index in [2.05, 4.69) is 352 Å². The largest absolute Gasteiger partial charge is 0.492 e. The third-order valence-electron chi connectivity index (χ3n) is 13.2. The average molecular weight is 1420 g/mol. The zero-order valence-electron chi connectivity index (χ0n) is 71.4. The van der Waals surface area contributed by atoms with Crippen molar-refractivity contribution in [2.24, 2.45) is 21.7 Å². The Bertz CT molecular complexity index is 3180. The van der Waals surface area contributed by atoms with E-state index in [1.165, 1.54) is 30.4 Å². The lowest BCUT2D eigenvalue weighted by atomic mass is 9.89. The lowest BCUT2D eigenvalue weighted by molar-refractivity contribution is 0.0181. The zero-order chi connectivity index (χ0) is 79.1. The predicted molar refractivity (Wildman–Crippen MR) is 442 cm³/mol. The van der Waals surface area contributed by atoms with Crippen molar-refractivity contribution in [2.45, 2.75) is 299 Å². The smallest absolute Gasteiger partial charge is 0.137 e. The number of nitrogens with zero attached hydrogens (tertiary/aromatic N) is 1. The normalized spacial score (nSPS) is 12.3. The molecule has 0 saturated heterocycles. The summed E-state index contributed by atoms with van der Waals surface area (Å²) in [5.41, 5.74) is 7.09. The van der Waals surface area contributed by atoms with Gasteiger partial charge in [-0.25, -0.2) is 0 Å². The van der Waals surface area contributed by atoms with Gasteiger partial charge >= 0.3 is 0 Å². The molecule has 0 fully saturated rings. The van der Waals surface area contributed by atoms with Crippen molar-refractivity contribution in [3.05, 3.63) is 94.8 Å². The Morgan fingerprint density at radius 1 is 0.369 bits per heavy atom. The van der Waals surface area contributed by atoms with Crippen LogP contribution in [-0.2, 0) is 29.1 Å². The number of unbranched alkanes of at least 4 members (excludes halogenated alkanes) is 2. The molecular formula is C92H147N5O6. The molecule has 0 bridgehead atoms. The summed E-state index contributed by atoms with van der Waals surface area (Å²) in [5.74, 6) is 41.6. The highest BCUT2D eigenvalue weighted by atomic mass is 16.5. The van der Waals surface area contributed by atoms with E-state index < -0.39 is 0 Å². The Hall–Kier alpha value is -6.05. The number of rotatable bonds is 23. The third-order valence-corrected chi connectivity index (χ3v) is 13.2. The van der Waals surface area contributed by atoms with Gasteiger partial charge in [0.2, 0.25) is 0 Å². The van der Waals surface area contributed by atoms with Crippen molar-refractivity contribution < 1.29 is 28.4 Å². The second-order valence-electron chi connectivity index (χ2n) is 37.1. The van der Waals surface area contributed by atoms with Crippen LogP contribution in [0.3, 0.4) is 0 Å². The van der Waals surface area contributed by atoms with Gasteiger partial charge < -0.3 is 49.7 Å². The quantitative estimate of drug-likeness (QED) is 0.0537. The van der Waals surface area contributed by atoms with E-state index in [0.29, 0.717) is 70.2 Å². The molecule has 0 spiro atoms. The average Bonchev–Trinajstić information content (AvgIpc) is 0.878. The van der Waals surface area contributed by atoms with Crippen LogP contribution in [-0.4, -0.2) is 112 Å². The summed E-state index contributed by atoms with van der Waals surface area (Å²) in [5, 5.41) is 13.7. The number of nitrogens with one attached hydrogen (secondary N) is 4. The number of pyridine rings is 1. The van der Waals surface area contributed by atoms with Crippen LogP contribution in [0.15, 0.2) is 66.9 Å². The van der Waals surface area contributed by atoms with Crippen molar-refractivity contribution in [1.82, 2.24) is 26.3 Å². The molecule has 0 aliphatic heterocycles. The molecular weight excluding hydrogens is 1270 g/mol. The lowest BCUT2D eigenvalue weighted by Crippen LogP contribution is -2.37. The molecule has 1 aromatic heterocycles. The molecule has 3 rings (SSSR count). The second-order valence-corrected chi connectivity index (χ2v) is 37.1. The summed E-state index contributed by atoms with van der Waals surface area (Å²) in [4.78, 5) is 4.47. The number of hydrogen-bond donors (Lipinski definition) is 4. The fraction of sp³-hybridized carbons (Fsp3) is 0.663. The summed E-state index contributed by atoms with van der Waals surface area (Å²) in [6, 6.07) is 21.5. The van der Waals surface area contributed by atoms with Crippen LogP contribution >= 0.6 is 0 Å². The Labute approximate surface area is 634 Å². The van der Waals surface area contributed by atoms with Crippen LogP contribution in [0, 0.1) is 105 Å². The minimum atomic E-state index is -0.129. The van der Waals surface area contributed by atoms with E-state index in [1.807, 2.05) is 45.2 Å². The van der Waals surface area contributed by atoms with Crippen molar-refractivity contribution in [3.63, 3.8) is 0 Å². The van der Waals surface area contributed by atoms with Gasteiger partial charge in [0, 0.05) is 63.1 Å². The summed E-state index contributed by atoms with van der Waals surface area (Å²) < 4.78 is 33.2. The van der Waals surface area contributed by atoms with Crippen LogP contribution in [0.4, 0.5) is 0 Å². The first-order chi connectivity index (χ1) is 47.2. The van der Waals surface area contributed by atoms with Crippen LogP contribution in [0.5, 0.6) is 5.75 Å². The van der Waals surface area contributed by atoms with E-state index in [-0.39, 0.29) is 49.4 Å². The predicted octanol–water partition coefficient (Wildman–Crippen LogP) is 19.5. The van der Waals surface area contributed by atoms with Gasteiger partial charge in [0.05, 0.1) is 57.9 Å². The highest BCUT2D eigenvalue weighted by Gasteiger charge is 2.19. The van der Waals surface area contributed by atoms with Crippen LogP contribution in [0.2, 0.25) is 0 Å². The fourth-order valence-corrected chi connectivity index (χ4v) is 8.32. The first kappa shape index (κ1) is 99.0. The Morgan fingerprint density at radius 3 is 1.17 bits per heavy atom.